The second kappa shape index (κ2) is 4.40. The summed E-state index contributed by atoms with van der Waals surface area (Å²) in [6, 6.07) is -0.919. The Bertz CT molecular complexity index is 346. The first-order valence-electron chi connectivity index (χ1n) is 5.77. The summed E-state index contributed by atoms with van der Waals surface area (Å²) < 4.78 is 0. The lowest BCUT2D eigenvalue weighted by atomic mass is 10.1. The first-order valence-corrected chi connectivity index (χ1v) is 6.92. The van der Waals surface area contributed by atoms with Gasteiger partial charge in [-0.1, -0.05) is 13.8 Å². The van der Waals surface area contributed by atoms with Gasteiger partial charge in [0.25, 0.3) is 0 Å². The van der Waals surface area contributed by atoms with Crippen molar-refractivity contribution in [2.75, 3.05) is 18.2 Å². The number of hydrogen-bond acceptors (Lipinski definition) is 3. The first-order chi connectivity index (χ1) is 7.92. The van der Waals surface area contributed by atoms with Crippen molar-refractivity contribution in [2.24, 2.45) is 11.3 Å². The summed E-state index contributed by atoms with van der Waals surface area (Å²) in [6.07, 6.45) is 1.13. The van der Waals surface area contributed by atoms with Crippen LogP contribution >= 0.6 is 11.8 Å². The molecule has 0 aromatic carbocycles. The summed E-state index contributed by atoms with van der Waals surface area (Å²) in [5, 5.41) is 11.8. The van der Waals surface area contributed by atoms with Gasteiger partial charge in [0.2, 0.25) is 0 Å². The van der Waals surface area contributed by atoms with Crippen molar-refractivity contribution in [1.82, 2.24) is 10.2 Å². The van der Waals surface area contributed by atoms with Gasteiger partial charge in [-0.3, -0.25) is 0 Å². The van der Waals surface area contributed by atoms with Crippen molar-refractivity contribution in [2.45, 2.75) is 26.3 Å². The van der Waals surface area contributed by atoms with E-state index in [2.05, 4.69) is 19.2 Å². The van der Waals surface area contributed by atoms with Gasteiger partial charge in [0.15, 0.2) is 0 Å². The highest BCUT2D eigenvalue weighted by Crippen LogP contribution is 2.50. The Labute approximate surface area is 105 Å². The molecule has 2 atom stereocenters. The number of rotatable bonds is 3. The molecule has 2 amide bonds. The van der Waals surface area contributed by atoms with E-state index in [4.69, 9.17) is 5.11 Å². The lowest BCUT2D eigenvalue weighted by Crippen LogP contribution is -2.47. The highest BCUT2D eigenvalue weighted by molar-refractivity contribution is 7.99. The van der Waals surface area contributed by atoms with E-state index < -0.39 is 12.0 Å². The quantitative estimate of drug-likeness (QED) is 0.798. The molecular weight excluding hydrogens is 240 g/mol. The molecule has 2 rings (SSSR count). The van der Waals surface area contributed by atoms with Gasteiger partial charge < -0.3 is 15.3 Å². The number of carboxylic acids is 1. The van der Waals surface area contributed by atoms with Crippen molar-refractivity contribution in [3.63, 3.8) is 0 Å². The minimum atomic E-state index is -0.920. The third-order valence-corrected chi connectivity index (χ3v) is 4.66. The van der Waals surface area contributed by atoms with E-state index in [-0.39, 0.29) is 6.03 Å². The third kappa shape index (κ3) is 2.68. The molecule has 0 radical (unpaired) electrons. The van der Waals surface area contributed by atoms with E-state index in [1.165, 1.54) is 16.7 Å². The molecule has 96 valence electrons. The maximum atomic E-state index is 11.8. The van der Waals surface area contributed by atoms with Crippen LogP contribution < -0.4 is 5.32 Å². The van der Waals surface area contributed by atoms with Crippen LogP contribution in [0.25, 0.3) is 0 Å². The number of aliphatic carboxylic acids is 1. The molecule has 0 aromatic rings. The zero-order valence-corrected chi connectivity index (χ0v) is 10.9. The van der Waals surface area contributed by atoms with Crippen molar-refractivity contribution < 1.29 is 14.7 Å². The van der Waals surface area contributed by atoms with Gasteiger partial charge in [-0.05, 0) is 17.8 Å². The molecule has 2 N–H and O–H groups in total. The van der Waals surface area contributed by atoms with E-state index in [9.17, 15) is 9.59 Å². The molecule has 1 heterocycles. The summed E-state index contributed by atoms with van der Waals surface area (Å²) in [4.78, 5) is 24.2. The molecule has 1 aliphatic heterocycles. The second-order valence-electron chi connectivity index (χ2n) is 5.40. The summed E-state index contributed by atoms with van der Waals surface area (Å²) >= 11 is 1.48. The Morgan fingerprint density at radius 2 is 2.18 bits per heavy atom. The summed E-state index contributed by atoms with van der Waals surface area (Å²) in [5.74, 6) is 0.566. The van der Waals surface area contributed by atoms with Crippen molar-refractivity contribution in [1.29, 1.82) is 0 Å². The smallest absolute Gasteiger partial charge is 0.327 e. The van der Waals surface area contributed by atoms with Crippen LogP contribution in [0.4, 0.5) is 4.79 Å². The number of hydrogen-bond donors (Lipinski definition) is 2. The molecule has 5 nitrogen and oxygen atoms in total. The van der Waals surface area contributed by atoms with Gasteiger partial charge in [-0.15, -0.1) is 11.8 Å². The molecule has 0 aromatic heterocycles. The number of nitrogens with zero attached hydrogens (tertiary/aromatic N) is 1. The molecule has 2 aliphatic rings. The normalized spacial score (nSPS) is 30.1. The van der Waals surface area contributed by atoms with Crippen LogP contribution in [0.1, 0.15) is 20.3 Å². The van der Waals surface area contributed by atoms with E-state index >= 15 is 0 Å². The molecule has 0 bridgehead atoms. The van der Waals surface area contributed by atoms with Crippen molar-refractivity contribution >= 4 is 23.8 Å². The molecule has 0 spiro atoms. The Hall–Kier alpha value is -0.910. The monoisotopic (exact) mass is 258 g/mol. The zero-order valence-electron chi connectivity index (χ0n) is 10.1. The number of urea groups is 1. The van der Waals surface area contributed by atoms with Gasteiger partial charge in [0.05, 0.1) is 5.88 Å². The summed E-state index contributed by atoms with van der Waals surface area (Å²) in [6.45, 7) is 5.00. The van der Waals surface area contributed by atoms with Crippen LogP contribution in [0, 0.1) is 11.3 Å². The van der Waals surface area contributed by atoms with Crippen LogP contribution in [0.5, 0.6) is 0 Å². The molecular formula is C11H18N2O3S. The Balaban J connectivity index is 1.81. The first kappa shape index (κ1) is 12.5. The predicted octanol–water partition coefficient (Wildman–Crippen LogP) is 1.20. The minimum Gasteiger partial charge on any atom is -0.480 e. The molecule has 2 unspecified atom stereocenters. The summed E-state index contributed by atoms with van der Waals surface area (Å²) in [7, 11) is 0. The number of carboxylic acid groups (broad SMARTS) is 1. The van der Waals surface area contributed by atoms with Gasteiger partial charge in [-0.2, -0.15) is 0 Å². The van der Waals surface area contributed by atoms with E-state index in [1.54, 1.807) is 0 Å². The fraction of sp³-hybridized carbons (Fsp3) is 0.818. The highest BCUT2D eigenvalue weighted by atomic mass is 32.2. The van der Waals surface area contributed by atoms with Crippen LogP contribution in [0.3, 0.4) is 0 Å². The SMILES string of the molecule is CC1(C)CC1CNC(=O)N1CSCC1C(=O)O. The van der Waals surface area contributed by atoms with Gasteiger partial charge in [-0.25, -0.2) is 9.59 Å². The van der Waals surface area contributed by atoms with Gasteiger partial charge in [0, 0.05) is 12.3 Å². The van der Waals surface area contributed by atoms with E-state index in [1.807, 2.05) is 0 Å². The molecule has 1 aliphatic carbocycles. The molecule has 2 fully saturated rings. The van der Waals surface area contributed by atoms with Gasteiger partial charge in [0.1, 0.15) is 6.04 Å². The topological polar surface area (TPSA) is 69.6 Å². The van der Waals surface area contributed by atoms with Crippen molar-refractivity contribution in [3.8, 4) is 0 Å². The second-order valence-corrected chi connectivity index (χ2v) is 6.40. The maximum absolute atomic E-state index is 11.8. The summed E-state index contributed by atoms with van der Waals surface area (Å²) in [5.41, 5.74) is 0.333. The molecule has 1 saturated heterocycles. The fourth-order valence-corrected chi connectivity index (χ4v) is 3.23. The van der Waals surface area contributed by atoms with E-state index in [0.29, 0.717) is 29.5 Å². The Morgan fingerprint density at radius 1 is 1.53 bits per heavy atom. The van der Waals surface area contributed by atoms with Gasteiger partial charge >= 0.3 is 12.0 Å². The largest absolute Gasteiger partial charge is 0.480 e. The lowest BCUT2D eigenvalue weighted by molar-refractivity contribution is -0.140. The average Bonchev–Trinajstić information content (AvgIpc) is 2.67. The number of nitrogens with one attached hydrogen (secondary N) is 1. The average molecular weight is 258 g/mol. The standard InChI is InChI=1S/C11H18N2O3S/c1-11(2)3-7(11)4-12-10(16)13-6-17-5-8(13)9(14)15/h7-8H,3-6H2,1-2H3,(H,12,16)(H,14,15). The Morgan fingerprint density at radius 3 is 2.71 bits per heavy atom. The lowest BCUT2D eigenvalue weighted by Gasteiger charge is -2.21. The molecule has 6 heteroatoms. The number of carbonyl (C=O) groups excluding carboxylic acids is 1. The van der Waals surface area contributed by atoms with Crippen LogP contribution in [0.15, 0.2) is 0 Å². The Kier molecular flexibility index (Phi) is 3.25. The van der Waals surface area contributed by atoms with E-state index in [0.717, 1.165) is 6.42 Å². The van der Waals surface area contributed by atoms with Crippen molar-refractivity contribution in [3.05, 3.63) is 0 Å². The number of thioether (sulfide) groups is 1. The fourth-order valence-electron chi connectivity index (χ4n) is 2.08. The third-order valence-electron chi connectivity index (χ3n) is 3.65. The maximum Gasteiger partial charge on any atom is 0.327 e. The molecule has 1 saturated carbocycles. The van der Waals surface area contributed by atoms with Crippen LogP contribution in [0.2, 0.25) is 0 Å². The minimum absolute atomic E-state index is 0.245. The highest BCUT2D eigenvalue weighted by Gasteiger charge is 2.45. The predicted molar refractivity (Wildman–Crippen MR) is 65.9 cm³/mol. The molecule has 17 heavy (non-hydrogen) atoms. The number of carbonyl (C=O) groups is 2. The van der Waals surface area contributed by atoms with Crippen LogP contribution in [-0.2, 0) is 4.79 Å². The number of amides is 2. The van der Waals surface area contributed by atoms with Crippen LogP contribution in [-0.4, -0.2) is 46.2 Å². The zero-order chi connectivity index (χ0) is 12.6.